The molecule has 0 amide bonds. The number of hydrogen-bond donors (Lipinski definition) is 1. The lowest BCUT2D eigenvalue weighted by Gasteiger charge is -2.37. The van der Waals surface area contributed by atoms with E-state index in [-0.39, 0.29) is 6.04 Å². The highest BCUT2D eigenvalue weighted by Gasteiger charge is 2.23. The molecule has 1 atom stereocenters. The maximum atomic E-state index is 12.1. The van der Waals surface area contributed by atoms with Crippen LogP contribution in [-0.4, -0.2) is 66.2 Å². The van der Waals surface area contributed by atoms with E-state index >= 15 is 0 Å². The first-order chi connectivity index (χ1) is 9.96. The first-order valence-corrected chi connectivity index (χ1v) is 8.42. The molecular formula is C14H23N3O3S. The van der Waals surface area contributed by atoms with Crippen molar-refractivity contribution in [3.8, 4) is 0 Å². The second kappa shape index (κ2) is 6.74. The van der Waals surface area contributed by atoms with Crippen molar-refractivity contribution in [2.75, 3.05) is 52.3 Å². The molecule has 1 unspecified atom stereocenters. The Kier molecular flexibility index (Phi) is 5.21. The fourth-order valence-electron chi connectivity index (χ4n) is 2.42. The van der Waals surface area contributed by atoms with E-state index in [4.69, 9.17) is 4.74 Å². The normalized spacial score (nSPS) is 20.0. The third kappa shape index (κ3) is 3.55. The molecule has 1 aliphatic rings. The third-order valence-corrected chi connectivity index (χ3v) is 5.44. The molecule has 7 heteroatoms. The number of hydrogen-bond acceptors (Lipinski definition) is 5. The molecule has 0 aromatic heterocycles. The summed E-state index contributed by atoms with van der Waals surface area (Å²) in [5.74, 6) is 0. The SMILES string of the molecule is CNCC1COCCN1c1ccc(S(=O)(=O)N(C)C)cc1. The standard InChI is InChI=1S/C14H23N3O3S/c1-15-10-13-11-20-9-8-17(13)12-4-6-14(7-5-12)21(18,19)16(2)3/h4-7,13,15H,8-11H2,1-3H3. The van der Waals surface area contributed by atoms with Gasteiger partial charge in [-0.2, -0.15) is 0 Å². The van der Waals surface area contributed by atoms with Gasteiger partial charge in [-0.15, -0.1) is 0 Å². The zero-order valence-corrected chi connectivity index (χ0v) is 13.6. The van der Waals surface area contributed by atoms with Gasteiger partial charge in [-0.3, -0.25) is 0 Å². The van der Waals surface area contributed by atoms with Gasteiger partial charge >= 0.3 is 0 Å². The van der Waals surface area contributed by atoms with E-state index in [0.717, 1.165) is 18.8 Å². The minimum absolute atomic E-state index is 0.264. The Labute approximate surface area is 126 Å². The number of rotatable bonds is 5. The summed E-state index contributed by atoms with van der Waals surface area (Å²) >= 11 is 0. The lowest BCUT2D eigenvalue weighted by molar-refractivity contribution is 0.0943. The Morgan fingerprint density at radius 2 is 2.00 bits per heavy atom. The number of nitrogens with zero attached hydrogens (tertiary/aromatic N) is 2. The van der Waals surface area contributed by atoms with E-state index in [9.17, 15) is 8.42 Å². The molecule has 0 saturated carbocycles. The van der Waals surface area contributed by atoms with Crippen molar-refractivity contribution < 1.29 is 13.2 Å². The van der Waals surface area contributed by atoms with Crippen LogP contribution in [0.15, 0.2) is 29.2 Å². The van der Waals surface area contributed by atoms with Gasteiger partial charge in [-0.05, 0) is 31.3 Å². The van der Waals surface area contributed by atoms with E-state index in [0.29, 0.717) is 18.1 Å². The summed E-state index contributed by atoms with van der Waals surface area (Å²) in [5.41, 5.74) is 1.02. The lowest BCUT2D eigenvalue weighted by Crippen LogP contribution is -2.50. The van der Waals surface area contributed by atoms with Crippen molar-refractivity contribution in [3.05, 3.63) is 24.3 Å². The molecular weight excluding hydrogens is 290 g/mol. The Morgan fingerprint density at radius 1 is 1.33 bits per heavy atom. The monoisotopic (exact) mass is 313 g/mol. The van der Waals surface area contributed by atoms with E-state index in [1.807, 2.05) is 19.2 Å². The summed E-state index contributed by atoms with van der Waals surface area (Å²) in [6.07, 6.45) is 0. The molecule has 1 fully saturated rings. The van der Waals surface area contributed by atoms with Gasteiger partial charge in [-0.25, -0.2) is 12.7 Å². The van der Waals surface area contributed by atoms with Crippen LogP contribution in [0.3, 0.4) is 0 Å². The quantitative estimate of drug-likeness (QED) is 0.850. The van der Waals surface area contributed by atoms with Crippen molar-refractivity contribution in [2.24, 2.45) is 0 Å². The van der Waals surface area contributed by atoms with Gasteiger partial charge < -0.3 is 15.0 Å². The summed E-state index contributed by atoms with van der Waals surface area (Å²) in [5, 5.41) is 3.16. The van der Waals surface area contributed by atoms with Crippen LogP contribution in [0.2, 0.25) is 0 Å². The van der Waals surface area contributed by atoms with Crippen molar-refractivity contribution in [3.63, 3.8) is 0 Å². The van der Waals surface area contributed by atoms with Gasteiger partial charge in [0.05, 0.1) is 24.2 Å². The van der Waals surface area contributed by atoms with E-state index in [1.54, 1.807) is 12.1 Å². The summed E-state index contributed by atoms with van der Waals surface area (Å²) < 4.78 is 30.9. The Morgan fingerprint density at radius 3 is 2.57 bits per heavy atom. The van der Waals surface area contributed by atoms with Gasteiger partial charge in [0.25, 0.3) is 0 Å². The van der Waals surface area contributed by atoms with Crippen LogP contribution in [0.25, 0.3) is 0 Å². The largest absolute Gasteiger partial charge is 0.377 e. The van der Waals surface area contributed by atoms with Crippen molar-refractivity contribution >= 4 is 15.7 Å². The van der Waals surface area contributed by atoms with Crippen molar-refractivity contribution in [1.29, 1.82) is 0 Å². The van der Waals surface area contributed by atoms with E-state index in [2.05, 4.69) is 10.2 Å². The van der Waals surface area contributed by atoms with Crippen LogP contribution in [0.4, 0.5) is 5.69 Å². The fourth-order valence-corrected chi connectivity index (χ4v) is 3.32. The van der Waals surface area contributed by atoms with Gasteiger partial charge in [0, 0.05) is 32.9 Å². The Balaban J connectivity index is 2.21. The van der Waals surface area contributed by atoms with Crippen LogP contribution in [0.5, 0.6) is 0 Å². The molecule has 0 radical (unpaired) electrons. The summed E-state index contributed by atoms with van der Waals surface area (Å²) in [4.78, 5) is 2.57. The van der Waals surface area contributed by atoms with Crippen LogP contribution in [0.1, 0.15) is 0 Å². The fraction of sp³-hybridized carbons (Fsp3) is 0.571. The molecule has 1 N–H and O–H groups in total. The number of likely N-dealkylation sites (N-methyl/N-ethyl adjacent to an activating group) is 1. The molecule has 1 aromatic rings. The maximum Gasteiger partial charge on any atom is 0.242 e. The molecule has 118 valence electrons. The number of benzene rings is 1. The Hall–Kier alpha value is -1.15. The Bertz CT molecular complexity index is 555. The van der Waals surface area contributed by atoms with Crippen LogP contribution in [0, 0.1) is 0 Å². The highest BCUT2D eigenvalue weighted by Crippen LogP contribution is 2.22. The van der Waals surface area contributed by atoms with Crippen molar-refractivity contribution in [1.82, 2.24) is 9.62 Å². The minimum Gasteiger partial charge on any atom is -0.377 e. The lowest BCUT2D eigenvalue weighted by atomic mass is 10.2. The van der Waals surface area contributed by atoms with E-state index in [1.165, 1.54) is 18.4 Å². The minimum atomic E-state index is -3.37. The average Bonchev–Trinajstić information content (AvgIpc) is 2.48. The smallest absolute Gasteiger partial charge is 0.242 e. The van der Waals surface area contributed by atoms with Crippen LogP contribution in [-0.2, 0) is 14.8 Å². The number of anilines is 1. The molecule has 21 heavy (non-hydrogen) atoms. The predicted molar refractivity (Wildman–Crippen MR) is 83.2 cm³/mol. The van der Waals surface area contributed by atoms with Crippen LogP contribution >= 0.6 is 0 Å². The van der Waals surface area contributed by atoms with E-state index < -0.39 is 10.0 Å². The highest BCUT2D eigenvalue weighted by molar-refractivity contribution is 7.89. The molecule has 0 bridgehead atoms. The average molecular weight is 313 g/mol. The maximum absolute atomic E-state index is 12.1. The molecule has 1 saturated heterocycles. The number of morpholine rings is 1. The van der Waals surface area contributed by atoms with Gasteiger partial charge in [0.2, 0.25) is 10.0 Å². The summed E-state index contributed by atoms with van der Waals surface area (Å²) in [6.45, 7) is 3.01. The molecule has 2 rings (SSSR count). The molecule has 1 aliphatic heterocycles. The topological polar surface area (TPSA) is 61.9 Å². The second-order valence-corrected chi connectivity index (χ2v) is 7.41. The summed E-state index contributed by atoms with van der Waals surface area (Å²) in [6, 6.07) is 7.32. The molecule has 6 nitrogen and oxygen atoms in total. The number of nitrogens with one attached hydrogen (secondary N) is 1. The zero-order chi connectivity index (χ0) is 15.5. The third-order valence-electron chi connectivity index (χ3n) is 3.61. The molecule has 1 aromatic carbocycles. The van der Waals surface area contributed by atoms with Gasteiger partial charge in [0.15, 0.2) is 0 Å². The molecule has 0 spiro atoms. The highest BCUT2D eigenvalue weighted by atomic mass is 32.2. The predicted octanol–water partition coefficient (Wildman–Crippen LogP) is 0.362. The van der Waals surface area contributed by atoms with Crippen molar-refractivity contribution in [2.45, 2.75) is 10.9 Å². The van der Waals surface area contributed by atoms with Gasteiger partial charge in [-0.1, -0.05) is 0 Å². The van der Waals surface area contributed by atoms with Gasteiger partial charge in [0.1, 0.15) is 0 Å². The first kappa shape index (κ1) is 16.2. The molecule has 1 heterocycles. The molecule has 0 aliphatic carbocycles. The van der Waals surface area contributed by atoms with Crippen LogP contribution < -0.4 is 10.2 Å². The second-order valence-electron chi connectivity index (χ2n) is 5.26. The number of sulfonamides is 1. The first-order valence-electron chi connectivity index (χ1n) is 6.98. The summed E-state index contributed by atoms with van der Waals surface area (Å²) in [7, 11) is 1.62. The zero-order valence-electron chi connectivity index (χ0n) is 12.7. The number of ether oxygens (including phenoxy) is 1.